The second-order valence-electron chi connectivity index (χ2n) is 6.02. The maximum atomic E-state index is 13.4. The number of hydrogen-bond donors (Lipinski definition) is 1. The first-order chi connectivity index (χ1) is 14.7. The minimum atomic E-state index is -4.51. The zero-order valence-electron chi connectivity index (χ0n) is 15.8. The van der Waals surface area contributed by atoms with Crippen LogP contribution in [-0.2, 0) is 0 Å². The number of nitrogens with one attached hydrogen (secondary N) is 1. The Morgan fingerprint density at radius 2 is 1.97 bits per heavy atom. The fourth-order valence-electron chi connectivity index (χ4n) is 2.48. The molecule has 1 aromatic carbocycles. The fourth-order valence-corrected chi connectivity index (χ4v) is 2.48. The second-order valence-corrected chi connectivity index (χ2v) is 6.02. The summed E-state index contributed by atoms with van der Waals surface area (Å²) < 4.78 is 60.3. The van der Waals surface area contributed by atoms with E-state index in [1.807, 2.05) is 0 Å². The Kier molecular flexibility index (Phi) is 6.18. The number of hydrogen-bond acceptors (Lipinski definition) is 6. The summed E-state index contributed by atoms with van der Waals surface area (Å²) in [6, 6.07) is 7.01. The maximum absolute atomic E-state index is 13.4. The monoisotopic (exact) mass is 438 g/mol. The van der Waals surface area contributed by atoms with E-state index in [9.17, 15) is 27.2 Å². The highest BCUT2D eigenvalue weighted by Crippen LogP contribution is 2.22. The number of rotatable bonds is 6. The van der Waals surface area contributed by atoms with Crippen molar-refractivity contribution in [3.05, 3.63) is 70.5 Å². The van der Waals surface area contributed by atoms with Crippen molar-refractivity contribution in [2.75, 3.05) is 19.0 Å². The Morgan fingerprint density at radius 3 is 2.61 bits per heavy atom. The molecule has 0 aliphatic rings. The molecule has 31 heavy (non-hydrogen) atoms. The molecule has 0 atom stereocenters. The van der Waals surface area contributed by atoms with E-state index in [-0.39, 0.29) is 28.6 Å². The van der Waals surface area contributed by atoms with Gasteiger partial charge >= 0.3 is 6.18 Å². The first kappa shape index (κ1) is 21.7. The van der Waals surface area contributed by atoms with Crippen LogP contribution in [0.25, 0.3) is 5.69 Å². The predicted octanol–water partition coefficient (Wildman–Crippen LogP) is 2.97. The standard InChI is InChI=1S/C19H14F4N4O4/c1-30-15-8-11(20)2-4-14(15)27-18(29)13(6-7-25-27)17(28)26-12-3-5-16(24-9-12)31-10-19(21,22)23/h2-9H,10H2,1H3,(H,26,28). The summed E-state index contributed by atoms with van der Waals surface area (Å²) in [7, 11) is 1.29. The van der Waals surface area contributed by atoms with Crippen molar-refractivity contribution >= 4 is 11.6 Å². The van der Waals surface area contributed by atoms with Crippen molar-refractivity contribution in [3.63, 3.8) is 0 Å². The molecule has 2 heterocycles. The maximum Gasteiger partial charge on any atom is 0.422 e. The predicted molar refractivity (Wildman–Crippen MR) is 100 cm³/mol. The topological polar surface area (TPSA) is 95.3 Å². The Bertz CT molecular complexity index is 1150. The molecule has 162 valence electrons. The van der Waals surface area contributed by atoms with Crippen LogP contribution >= 0.6 is 0 Å². The molecule has 0 aliphatic carbocycles. The fraction of sp³-hybridized carbons (Fsp3) is 0.158. The zero-order valence-corrected chi connectivity index (χ0v) is 15.8. The highest BCUT2D eigenvalue weighted by Gasteiger charge is 2.28. The first-order valence-electron chi connectivity index (χ1n) is 8.57. The van der Waals surface area contributed by atoms with Crippen LogP contribution in [0.15, 0.2) is 53.6 Å². The van der Waals surface area contributed by atoms with Gasteiger partial charge in [-0.2, -0.15) is 23.0 Å². The van der Waals surface area contributed by atoms with Gasteiger partial charge in [-0.05, 0) is 24.3 Å². The van der Waals surface area contributed by atoms with Gasteiger partial charge in [0.15, 0.2) is 6.61 Å². The average Bonchev–Trinajstić information content (AvgIpc) is 2.73. The molecule has 0 fully saturated rings. The number of carbonyl (C=O) groups excluding carboxylic acids is 1. The normalized spacial score (nSPS) is 11.1. The second kappa shape index (κ2) is 8.81. The van der Waals surface area contributed by atoms with Gasteiger partial charge in [0, 0.05) is 18.3 Å². The number of anilines is 1. The number of carbonyl (C=O) groups is 1. The molecule has 0 unspecified atom stereocenters. The minimum Gasteiger partial charge on any atom is -0.494 e. The SMILES string of the molecule is COc1cc(F)ccc1-n1nccc(C(=O)Nc2ccc(OCC(F)(F)F)nc2)c1=O. The molecule has 2 aromatic heterocycles. The zero-order chi connectivity index (χ0) is 22.6. The number of alkyl halides is 3. The molecule has 0 saturated heterocycles. The molecule has 8 nitrogen and oxygen atoms in total. The summed E-state index contributed by atoms with van der Waals surface area (Å²) in [6.07, 6.45) is -2.24. The number of amides is 1. The Labute approximate surface area is 172 Å². The van der Waals surface area contributed by atoms with E-state index in [2.05, 4.69) is 20.1 Å². The van der Waals surface area contributed by atoms with Crippen LogP contribution in [0.2, 0.25) is 0 Å². The average molecular weight is 438 g/mol. The van der Waals surface area contributed by atoms with Gasteiger partial charge < -0.3 is 14.8 Å². The quantitative estimate of drug-likeness (QED) is 0.595. The van der Waals surface area contributed by atoms with Crippen molar-refractivity contribution < 1.29 is 31.8 Å². The lowest BCUT2D eigenvalue weighted by Crippen LogP contribution is -2.30. The minimum absolute atomic E-state index is 0.0332. The smallest absolute Gasteiger partial charge is 0.422 e. The third-order valence-corrected chi connectivity index (χ3v) is 3.84. The highest BCUT2D eigenvalue weighted by atomic mass is 19.4. The van der Waals surface area contributed by atoms with Crippen molar-refractivity contribution in [3.8, 4) is 17.3 Å². The molecule has 0 aliphatic heterocycles. The number of ether oxygens (including phenoxy) is 2. The van der Waals surface area contributed by atoms with Crippen LogP contribution in [0.4, 0.5) is 23.2 Å². The number of nitrogens with zero attached hydrogens (tertiary/aromatic N) is 3. The lowest BCUT2D eigenvalue weighted by Gasteiger charge is -2.11. The molecule has 3 rings (SSSR count). The van der Waals surface area contributed by atoms with Gasteiger partial charge in [0.05, 0.1) is 19.0 Å². The van der Waals surface area contributed by atoms with Crippen molar-refractivity contribution in [1.29, 1.82) is 0 Å². The number of halogens is 4. The summed E-state index contributed by atoms with van der Waals surface area (Å²) in [6.45, 7) is -1.50. The van der Waals surface area contributed by atoms with E-state index in [0.717, 1.165) is 29.1 Å². The van der Waals surface area contributed by atoms with Crippen LogP contribution in [0.1, 0.15) is 10.4 Å². The molecule has 0 radical (unpaired) electrons. The molecule has 0 spiro atoms. The van der Waals surface area contributed by atoms with Gasteiger partial charge in [-0.15, -0.1) is 0 Å². The highest BCUT2D eigenvalue weighted by molar-refractivity contribution is 6.03. The van der Waals surface area contributed by atoms with Gasteiger partial charge in [0.1, 0.15) is 22.8 Å². The van der Waals surface area contributed by atoms with Crippen LogP contribution in [0.5, 0.6) is 11.6 Å². The summed E-state index contributed by atoms with van der Waals surface area (Å²) >= 11 is 0. The van der Waals surface area contributed by atoms with Gasteiger partial charge in [0.25, 0.3) is 11.5 Å². The van der Waals surface area contributed by atoms with Gasteiger partial charge in [-0.3, -0.25) is 9.59 Å². The van der Waals surface area contributed by atoms with Crippen LogP contribution in [0, 0.1) is 5.82 Å². The van der Waals surface area contributed by atoms with Crippen molar-refractivity contribution in [1.82, 2.24) is 14.8 Å². The molecule has 0 saturated carbocycles. The van der Waals surface area contributed by atoms with Crippen LogP contribution in [-0.4, -0.2) is 40.6 Å². The number of methoxy groups -OCH3 is 1. The van der Waals surface area contributed by atoms with E-state index in [1.54, 1.807) is 0 Å². The molecule has 12 heteroatoms. The third-order valence-electron chi connectivity index (χ3n) is 3.84. The van der Waals surface area contributed by atoms with Crippen LogP contribution < -0.4 is 20.3 Å². The molecular weight excluding hydrogens is 424 g/mol. The van der Waals surface area contributed by atoms with E-state index >= 15 is 0 Å². The summed E-state index contributed by atoms with van der Waals surface area (Å²) in [4.78, 5) is 28.9. The third kappa shape index (κ3) is 5.35. The number of pyridine rings is 1. The van der Waals surface area contributed by atoms with Crippen molar-refractivity contribution in [2.24, 2.45) is 0 Å². The largest absolute Gasteiger partial charge is 0.494 e. The molecule has 0 bridgehead atoms. The summed E-state index contributed by atoms with van der Waals surface area (Å²) in [5.74, 6) is -1.65. The lowest BCUT2D eigenvalue weighted by atomic mass is 10.2. The molecule has 3 aromatic rings. The number of aromatic nitrogens is 3. The molecule has 1 amide bonds. The van der Waals surface area contributed by atoms with E-state index in [1.165, 1.54) is 31.5 Å². The van der Waals surface area contributed by atoms with Gasteiger partial charge in [0.2, 0.25) is 5.88 Å². The van der Waals surface area contributed by atoms with E-state index in [0.29, 0.717) is 0 Å². The Morgan fingerprint density at radius 1 is 1.19 bits per heavy atom. The lowest BCUT2D eigenvalue weighted by molar-refractivity contribution is -0.154. The Hall–Kier alpha value is -3.96. The van der Waals surface area contributed by atoms with Crippen molar-refractivity contribution in [2.45, 2.75) is 6.18 Å². The number of benzene rings is 1. The summed E-state index contributed by atoms with van der Waals surface area (Å²) in [5, 5.41) is 6.29. The summed E-state index contributed by atoms with van der Waals surface area (Å²) in [5.41, 5.74) is -0.857. The van der Waals surface area contributed by atoms with E-state index < -0.39 is 30.1 Å². The van der Waals surface area contributed by atoms with Gasteiger partial charge in [-0.25, -0.2) is 9.37 Å². The molecular formula is C19H14F4N4O4. The Balaban J connectivity index is 1.80. The van der Waals surface area contributed by atoms with Gasteiger partial charge in [-0.1, -0.05) is 0 Å². The molecule has 1 N–H and O–H groups in total. The van der Waals surface area contributed by atoms with Crippen LogP contribution in [0.3, 0.4) is 0 Å². The van der Waals surface area contributed by atoms with E-state index in [4.69, 9.17) is 4.74 Å². The first-order valence-corrected chi connectivity index (χ1v) is 8.57.